The van der Waals surface area contributed by atoms with Crippen molar-refractivity contribution in [3.63, 3.8) is 0 Å². The first-order chi connectivity index (χ1) is 12.1. The molecule has 2 aromatic carbocycles. The number of carbonyl (C=O) groups is 1. The van der Waals surface area contributed by atoms with Crippen LogP contribution in [0.5, 0.6) is 5.75 Å². The Kier molecular flexibility index (Phi) is 7.59. The molecule has 0 bridgehead atoms. The Hall–Kier alpha value is -1.46. The smallest absolute Gasteiger partial charge is 0.260 e. The molecule has 0 aliphatic carbocycles. The molecule has 26 heavy (non-hydrogen) atoms. The van der Waals surface area contributed by atoms with Crippen LogP contribution in [0.1, 0.15) is 11.5 Å². The lowest BCUT2D eigenvalue weighted by Crippen LogP contribution is -2.33. The monoisotopic (exact) mass is 414 g/mol. The van der Waals surface area contributed by atoms with Crippen LogP contribution in [0.2, 0.25) is 10.0 Å². The zero-order valence-corrected chi connectivity index (χ0v) is 16.4. The van der Waals surface area contributed by atoms with Crippen LogP contribution in [0.3, 0.4) is 0 Å². The number of ether oxygens (including phenoxy) is 1. The van der Waals surface area contributed by atoms with Gasteiger partial charge >= 0.3 is 0 Å². The third kappa shape index (κ3) is 4.83. The van der Waals surface area contributed by atoms with Gasteiger partial charge in [0.2, 0.25) is 0 Å². The van der Waals surface area contributed by atoms with Gasteiger partial charge in [0, 0.05) is 24.0 Å². The number of hydrogen-bond acceptors (Lipinski definition) is 3. The molecule has 3 rings (SSSR count). The number of nitrogens with zero attached hydrogens (tertiary/aromatic N) is 1. The van der Waals surface area contributed by atoms with Crippen molar-refractivity contribution in [1.29, 1.82) is 0 Å². The quantitative estimate of drug-likeness (QED) is 0.803. The van der Waals surface area contributed by atoms with Crippen molar-refractivity contribution in [2.24, 2.45) is 11.7 Å². The molecule has 0 aromatic heterocycles. The highest BCUT2D eigenvalue weighted by Crippen LogP contribution is 2.32. The van der Waals surface area contributed by atoms with Crippen molar-refractivity contribution in [2.45, 2.75) is 5.92 Å². The second-order valence-electron chi connectivity index (χ2n) is 6.18. The van der Waals surface area contributed by atoms with Gasteiger partial charge in [-0.3, -0.25) is 4.79 Å². The molecule has 0 saturated carbocycles. The Labute approximate surface area is 169 Å². The predicted molar refractivity (Wildman–Crippen MR) is 108 cm³/mol. The number of likely N-dealkylation sites (tertiary alicyclic amines) is 1. The van der Waals surface area contributed by atoms with E-state index in [1.54, 1.807) is 18.2 Å². The zero-order chi connectivity index (χ0) is 17.8. The van der Waals surface area contributed by atoms with Crippen LogP contribution in [-0.4, -0.2) is 37.0 Å². The highest BCUT2D eigenvalue weighted by atomic mass is 35.5. The van der Waals surface area contributed by atoms with Crippen LogP contribution in [0.15, 0.2) is 48.5 Å². The first-order valence-corrected chi connectivity index (χ1v) is 8.94. The van der Waals surface area contributed by atoms with Gasteiger partial charge in [-0.05, 0) is 36.2 Å². The van der Waals surface area contributed by atoms with Gasteiger partial charge < -0.3 is 15.4 Å². The van der Waals surface area contributed by atoms with Gasteiger partial charge in [-0.2, -0.15) is 0 Å². The summed E-state index contributed by atoms with van der Waals surface area (Å²) in [5.74, 6) is 0.899. The second kappa shape index (κ2) is 9.47. The van der Waals surface area contributed by atoms with Gasteiger partial charge in [0.15, 0.2) is 6.61 Å². The normalized spacial score (nSPS) is 19.1. The first-order valence-electron chi connectivity index (χ1n) is 8.19. The minimum absolute atomic E-state index is 0. The molecule has 0 unspecified atom stereocenters. The van der Waals surface area contributed by atoms with Crippen molar-refractivity contribution < 1.29 is 9.53 Å². The third-order valence-corrected chi connectivity index (χ3v) is 5.10. The molecular weight excluding hydrogens is 395 g/mol. The van der Waals surface area contributed by atoms with Crippen molar-refractivity contribution in [3.05, 3.63) is 64.1 Å². The molecule has 1 aliphatic rings. The summed E-state index contributed by atoms with van der Waals surface area (Å²) in [4.78, 5) is 14.3. The number of nitrogens with two attached hydrogens (primary N) is 1. The summed E-state index contributed by atoms with van der Waals surface area (Å²) in [6.45, 7) is 1.79. The Morgan fingerprint density at radius 3 is 2.54 bits per heavy atom. The summed E-state index contributed by atoms with van der Waals surface area (Å²) < 4.78 is 5.56. The molecule has 1 aliphatic heterocycles. The lowest BCUT2D eigenvalue weighted by Gasteiger charge is -2.17. The highest BCUT2D eigenvalue weighted by molar-refractivity contribution is 6.35. The van der Waals surface area contributed by atoms with E-state index in [1.807, 2.05) is 23.1 Å². The van der Waals surface area contributed by atoms with E-state index in [0.29, 0.717) is 35.4 Å². The van der Waals surface area contributed by atoms with E-state index in [0.717, 1.165) is 0 Å². The Bertz CT molecular complexity index is 743. The van der Waals surface area contributed by atoms with E-state index in [2.05, 4.69) is 12.1 Å². The average Bonchev–Trinajstić information content (AvgIpc) is 3.06. The number of carbonyl (C=O) groups excluding carboxylic acids is 1. The fourth-order valence-electron chi connectivity index (χ4n) is 3.21. The number of hydrogen-bond donors (Lipinski definition) is 1. The van der Waals surface area contributed by atoms with Crippen LogP contribution in [-0.2, 0) is 4.79 Å². The summed E-state index contributed by atoms with van der Waals surface area (Å²) in [6.07, 6.45) is 0. The Balaban J connectivity index is 0.00000243. The van der Waals surface area contributed by atoms with Gasteiger partial charge in [-0.15, -0.1) is 12.4 Å². The average molecular weight is 416 g/mol. The molecule has 2 atom stereocenters. The molecular formula is C19H21Cl3N2O2. The maximum absolute atomic E-state index is 12.5. The van der Waals surface area contributed by atoms with E-state index in [1.165, 1.54) is 5.56 Å². The van der Waals surface area contributed by atoms with Crippen molar-refractivity contribution >= 4 is 41.5 Å². The van der Waals surface area contributed by atoms with Crippen LogP contribution >= 0.6 is 35.6 Å². The van der Waals surface area contributed by atoms with Crippen molar-refractivity contribution in [2.75, 3.05) is 26.2 Å². The van der Waals surface area contributed by atoms with E-state index < -0.39 is 0 Å². The summed E-state index contributed by atoms with van der Waals surface area (Å²) >= 11 is 11.9. The van der Waals surface area contributed by atoms with Crippen molar-refractivity contribution in [1.82, 2.24) is 4.90 Å². The molecule has 0 radical (unpaired) electrons. The van der Waals surface area contributed by atoms with Gasteiger partial charge in [-0.25, -0.2) is 0 Å². The fourth-order valence-corrected chi connectivity index (χ4v) is 3.68. The molecule has 1 heterocycles. The molecule has 140 valence electrons. The van der Waals surface area contributed by atoms with Gasteiger partial charge in [0.1, 0.15) is 5.75 Å². The molecule has 2 N–H and O–H groups in total. The van der Waals surface area contributed by atoms with E-state index in [4.69, 9.17) is 33.7 Å². The number of amides is 1. The summed E-state index contributed by atoms with van der Waals surface area (Å²) in [7, 11) is 0. The van der Waals surface area contributed by atoms with Gasteiger partial charge in [-0.1, -0.05) is 53.5 Å². The Morgan fingerprint density at radius 2 is 1.88 bits per heavy atom. The number of halogens is 3. The minimum atomic E-state index is -0.0668. The van der Waals surface area contributed by atoms with Crippen LogP contribution in [0, 0.1) is 5.92 Å². The van der Waals surface area contributed by atoms with Gasteiger partial charge in [0.05, 0.1) is 5.02 Å². The Morgan fingerprint density at radius 1 is 1.15 bits per heavy atom. The highest BCUT2D eigenvalue weighted by Gasteiger charge is 2.35. The minimum Gasteiger partial charge on any atom is -0.482 e. The molecule has 1 fully saturated rings. The molecule has 4 nitrogen and oxygen atoms in total. The lowest BCUT2D eigenvalue weighted by molar-refractivity contribution is -0.132. The zero-order valence-electron chi connectivity index (χ0n) is 14.1. The SMILES string of the molecule is Cl.NC[C@@H]1CN(C(=O)COc2ccc(Cl)cc2Cl)C[C@H]1c1ccccc1. The third-order valence-electron chi connectivity index (χ3n) is 4.57. The molecule has 7 heteroatoms. The molecule has 1 amide bonds. The fraction of sp³-hybridized carbons (Fsp3) is 0.316. The summed E-state index contributed by atoms with van der Waals surface area (Å²) in [5, 5.41) is 0.920. The van der Waals surface area contributed by atoms with Gasteiger partial charge in [0.25, 0.3) is 5.91 Å². The maximum Gasteiger partial charge on any atom is 0.260 e. The number of rotatable bonds is 5. The predicted octanol–water partition coefficient (Wildman–Crippen LogP) is 3.99. The van der Waals surface area contributed by atoms with E-state index >= 15 is 0 Å². The lowest BCUT2D eigenvalue weighted by atomic mass is 9.89. The summed E-state index contributed by atoms with van der Waals surface area (Å²) in [6, 6.07) is 15.1. The molecule has 0 spiro atoms. The molecule has 2 aromatic rings. The second-order valence-corrected chi connectivity index (χ2v) is 7.02. The van der Waals surface area contributed by atoms with Crippen molar-refractivity contribution in [3.8, 4) is 5.75 Å². The summed E-state index contributed by atoms with van der Waals surface area (Å²) in [5.41, 5.74) is 7.14. The van der Waals surface area contributed by atoms with Crippen LogP contribution < -0.4 is 10.5 Å². The van der Waals surface area contributed by atoms with E-state index in [-0.39, 0.29) is 36.8 Å². The first kappa shape index (κ1) is 20.8. The largest absolute Gasteiger partial charge is 0.482 e. The molecule has 1 saturated heterocycles. The van der Waals surface area contributed by atoms with Crippen LogP contribution in [0.4, 0.5) is 0 Å². The topological polar surface area (TPSA) is 55.6 Å². The van der Waals surface area contributed by atoms with E-state index in [9.17, 15) is 4.79 Å². The number of benzene rings is 2. The van der Waals surface area contributed by atoms with Crippen LogP contribution in [0.25, 0.3) is 0 Å². The maximum atomic E-state index is 12.5. The standard InChI is InChI=1S/C19H20Cl2N2O2.ClH/c20-15-6-7-18(17(21)8-15)25-12-19(24)23-10-14(9-22)16(11-23)13-4-2-1-3-5-13;/h1-8,14,16H,9-12,22H2;1H/t14-,16+;/m1./s1.